The van der Waals surface area contributed by atoms with E-state index in [0.717, 1.165) is 6.42 Å². The molecule has 0 saturated carbocycles. The fourth-order valence-corrected chi connectivity index (χ4v) is 1.80. The molecule has 1 N–H and O–H groups in total. The highest BCUT2D eigenvalue weighted by molar-refractivity contribution is 6.30. The fourth-order valence-electron chi connectivity index (χ4n) is 1.70. The maximum atomic E-state index is 11.3. The van der Waals surface area contributed by atoms with E-state index in [1.165, 1.54) is 0 Å². The highest BCUT2D eigenvalue weighted by Gasteiger charge is 2.22. The summed E-state index contributed by atoms with van der Waals surface area (Å²) in [6.07, 6.45) is 4.49. The molecule has 0 aliphatic carbocycles. The number of aromatic nitrogens is 2. The van der Waals surface area contributed by atoms with Crippen molar-refractivity contribution in [3.63, 3.8) is 0 Å². The van der Waals surface area contributed by atoms with Crippen molar-refractivity contribution < 1.29 is 4.79 Å². The first-order chi connectivity index (χ1) is 7.65. The van der Waals surface area contributed by atoms with Crippen LogP contribution in [0.5, 0.6) is 0 Å². The largest absolute Gasteiger partial charge is 0.350 e. The molecule has 1 atom stereocenters. The Morgan fingerprint density at radius 1 is 1.50 bits per heavy atom. The van der Waals surface area contributed by atoms with Crippen LogP contribution in [0, 0.1) is 0 Å². The van der Waals surface area contributed by atoms with Gasteiger partial charge in [-0.15, -0.1) is 0 Å². The van der Waals surface area contributed by atoms with Crippen molar-refractivity contribution in [3.05, 3.63) is 17.4 Å². The Morgan fingerprint density at radius 2 is 2.19 bits per heavy atom. The van der Waals surface area contributed by atoms with Crippen LogP contribution in [-0.2, 0) is 4.79 Å². The molecule has 16 heavy (non-hydrogen) atoms. The molecule has 1 aromatic rings. The van der Waals surface area contributed by atoms with E-state index in [2.05, 4.69) is 15.3 Å². The Morgan fingerprint density at radius 3 is 2.81 bits per heavy atom. The van der Waals surface area contributed by atoms with Crippen LogP contribution in [0.1, 0.15) is 12.8 Å². The second-order valence-electron chi connectivity index (χ2n) is 3.88. The topological polar surface area (TPSA) is 58.1 Å². The predicted octanol–water partition coefficient (Wildman–Crippen LogP) is 1.16. The van der Waals surface area contributed by atoms with Crippen molar-refractivity contribution >= 4 is 23.5 Å². The summed E-state index contributed by atoms with van der Waals surface area (Å²) >= 11 is 5.69. The van der Waals surface area contributed by atoms with E-state index in [4.69, 9.17) is 11.6 Å². The maximum absolute atomic E-state index is 11.3. The van der Waals surface area contributed by atoms with Gasteiger partial charge in [0.05, 0.1) is 17.4 Å². The molecule has 1 unspecified atom stereocenters. The van der Waals surface area contributed by atoms with Crippen molar-refractivity contribution in [1.29, 1.82) is 0 Å². The van der Waals surface area contributed by atoms with Crippen LogP contribution in [-0.4, -0.2) is 40.4 Å². The van der Waals surface area contributed by atoms with Crippen LogP contribution in [0.25, 0.3) is 0 Å². The molecule has 0 aromatic carbocycles. The van der Waals surface area contributed by atoms with Crippen molar-refractivity contribution in [2.75, 3.05) is 18.9 Å². The summed E-state index contributed by atoms with van der Waals surface area (Å²) in [7, 11) is 1.80. The summed E-state index contributed by atoms with van der Waals surface area (Å²) in [6, 6.07) is 0.212. The lowest BCUT2D eigenvalue weighted by Gasteiger charge is -2.30. The van der Waals surface area contributed by atoms with Gasteiger partial charge >= 0.3 is 0 Å². The minimum Gasteiger partial charge on any atom is -0.350 e. The van der Waals surface area contributed by atoms with Crippen LogP contribution in [0.4, 0.5) is 5.95 Å². The Labute approximate surface area is 98.8 Å². The number of likely N-dealkylation sites (tertiary alicyclic amines) is 1. The number of carbonyl (C=O) groups excluding carboxylic acids is 1. The van der Waals surface area contributed by atoms with Crippen molar-refractivity contribution in [3.8, 4) is 0 Å². The quantitative estimate of drug-likeness (QED) is 0.843. The first kappa shape index (κ1) is 11.1. The molecule has 1 aliphatic rings. The monoisotopic (exact) mass is 240 g/mol. The summed E-state index contributed by atoms with van der Waals surface area (Å²) in [5.41, 5.74) is 0. The summed E-state index contributed by atoms with van der Waals surface area (Å²) in [4.78, 5) is 21.1. The molecule has 2 heterocycles. The predicted molar refractivity (Wildman–Crippen MR) is 61.3 cm³/mol. The average Bonchev–Trinajstić information content (AvgIpc) is 2.27. The molecule has 1 aromatic heterocycles. The zero-order valence-electron chi connectivity index (χ0n) is 8.98. The third-order valence-corrected chi connectivity index (χ3v) is 2.78. The summed E-state index contributed by atoms with van der Waals surface area (Å²) in [6.45, 7) is 0.685. The smallest absolute Gasteiger partial charge is 0.222 e. The molecule has 0 bridgehead atoms. The number of nitrogens with one attached hydrogen (secondary N) is 1. The van der Waals surface area contributed by atoms with Gasteiger partial charge in [0.1, 0.15) is 0 Å². The van der Waals surface area contributed by atoms with E-state index in [9.17, 15) is 4.79 Å². The molecule has 1 aliphatic heterocycles. The second-order valence-corrected chi connectivity index (χ2v) is 4.32. The number of rotatable bonds is 2. The molecular formula is C10H13ClN4O. The Balaban J connectivity index is 1.95. The van der Waals surface area contributed by atoms with E-state index >= 15 is 0 Å². The highest BCUT2D eigenvalue weighted by Crippen LogP contribution is 2.14. The number of piperidine rings is 1. The van der Waals surface area contributed by atoms with E-state index in [1.54, 1.807) is 24.3 Å². The average molecular weight is 241 g/mol. The zero-order chi connectivity index (χ0) is 11.5. The Hall–Kier alpha value is -1.36. The molecule has 2 rings (SSSR count). The fraction of sp³-hybridized carbons (Fsp3) is 0.500. The number of likely N-dealkylation sites (N-methyl/N-ethyl adjacent to an activating group) is 1. The Bertz CT molecular complexity index is 381. The molecule has 6 heteroatoms. The van der Waals surface area contributed by atoms with Crippen LogP contribution in [0.15, 0.2) is 12.4 Å². The van der Waals surface area contributed by atoms with Gasteiger partial charge in [-0.1, -0.05) is 11.6 Å². The van der Waals surface area contributed by atoms with Gasteiger partial charge in [0.25, 0.3) is 0 Å². The molecule has 1 fully saturated rings. The highest BCUT2D eigenvalue weighted by atomic mass is 35.5. The maximum Gasteiger partial charge on any atom is 0.222 e. The van der Waals surface area contributed by atoms with Gasteiger partial charge in [-0.25, -0.2) is 9.97 Å². The third-order valence-electron chi connectivity index (χ3n) is 2.58. The van der Waals surface area contributed by atoms with Gasteiger partial charge in [0.15, 0.2) is 0 Å². The summed E-state index contributed by atoms with van der Waals surface area (Å²) < 4.78 is 0. The van der Waals surface area contributed by atoms with Crippen molar-refractivity contribution in [1.82, 2.24) is 14.9 Å². The lowest BCUT2D eigenvalue weighted by Crippen LogP contribution is -2.43. The Kier molecular flexibility index (Phi) is 3.24. The number of anilines is 1. The van der Waals surface area contributed by atoms with Crippen molar-refractivity contribution in [2.45, 2.75) is 18.9 Å². The van der Waals surface area contributed by atoms with Gasteiger partial charge in [-0.3, -0.25) is 4.79 Å². The number of hydrogen-bond donors (Lipinski definition) is 1. The van der Waals surface area contributed by atoms with Crippen LogP contribution in [0.3, 0.4) is 0 Å². The lowest BCUT2D eigenvalue weighted by atomic mass is 10.1. The zero-order valence-corrected chi connectivity index (χ0v) is 9.74. The first-order valence-electron chi connectivity index (χ1n) is 5.13. The van der Waals surface area contributed by atoms with Crippen LogP contribution < -0.4 is 5.32 Å². The molecule has 86 valence electrons. The van der Waals surface area contributed by atoms with Crippen LogP contribution >= 0.6 is 11.6 Å². The molecule has 0 radical (unpaired) electrons. The van der Waals surface area contributed by atoms with Crippen molar-refractivity contribution in [2.24, 2.45) is 0 Å². The normalized spacial score (nSPS) is 21.0. The molecular weight excluding hydrogens is 228 g/mol. The van der Waals surface area contributed by atoms with Gasteiger partial charge in [0, 0.05) is 26.1 Å². The van der Waals surface area contributed by atoms with E-state index < -0.39 is 0 Å². The SMILES string of the molecule is CN1CC(Nc2ncc(Cl)cn2)CCC1=O. The minimum atomic E-state index is 0.190. The molecule has 0 spiro atoms. The molecule has 5 nitrogen and oxygen atoms in total. The first-order valence-corrected chi connectivity index (χ1v) is 5.51. The summed E-state index contributed by atoms with van der Waals surface area (Å²) in [5.74, 6) is 0.743. The second kappa shape index (κ2) is 4.65. The van der Waals surface area contributed by atoms with Gasteiger partial charge in [-0.2, -0.15) is 0 Å². The van der Waals surface area contributed by atoms with Gasteiger partial charge < -0.3 is 10.2 Å². The number of amides is 1. The number of carbonyl (C=O) groups is 1. The minimum absolute atomic E-state index is 0.190. The molecule has 1 saturated heterocycles. The number of halogens is 1. The van der Waals surface area contributed by atoms with Gasteiger partial charge in [-0.05, 0) is 6.42 Å². The van der Waals surface area contributed by atoms with E-state index in [0.29, 0.717) is 23.9 Å². The number of hydrogen-bond acceptors (Lipinski definition) is 4. The summed E-state index contributed by atoms with van der Waals surface area (Å²) in [5, 5.41) is 3.70. The lowest BCUT2D eigenvalue weighted by molar-refractivity contribution is -0.132. The van der Waals surface area contributed by atoms with Crippen LogP contribution in [0.2, 0.25) is 5.02 Å². The van der Waals surface area contributed by atoms with Gasteiger partial charge in [0.2, 0.25) is 11.9 Å². The van der Waals surface area contributed by atoms with E-state index in [1.807, 2.05) is 0 Å². The number of nitrogens with zero attached hydrogens (tertiary/aromatic N) is 3. The standard InChI is InChI=1S/C10H13ClN4O/c1-15-6-8(2-3-9(15)16)14-10-12-4-7(11)5-13-10/h4-5,8H,2-3,6H2,1H3,(H,12,13,14). The van der Waals surface area contributed by atoms with E-state index in [-0.39, 0.29) is 11.9 Å². The third kappa shape index (κ3) is 2.61. The molecule has 1 amide bonds.